The Hall–Kier alpha value is -2.03. The molecule has 0 radical (unpaired) electrons. The first-order valence-corrected chi connectivity index (χ1v) is 6.70. The van der Waals surface area contributed by atoms with Crippen molar-refractivity contribution in [1.29, 1.82) is 0 Å². The molecule has 21 heavy (non-hydrogen) atoms. The van der Waals surface area contributed by atoms with Crippen molar-refractivity contribution in [1.82, 2.24) is 0 Å². The third-order valence-electron chi connectivity index (χ3n) is 3.34. The van der Waals surface area contributed by atoms with E-state index < -0.39 is 6.18 Å². The molecule has 0 aromatic heterocycles. The first kappa shape index (κ1) is 15.4. The number of allylic oxidation sites excluding steroid dienone is 1. The van der Waals surface area contributed by atoms with Crippen molar-refractivity contribution in [2.45, 2.75) is 26.9 Å². The van der Waals surface area contributed by atoms with E-state index in [-0.39, 0.29) is 5.57 Å². The molecule has 0 saturated carbocycles. The topological polar surface area (TPSA) is 0 Å². The van der Waals surface area contributed by atoms with Crippen LogP contribution < -0.4 is 0 Å². The normalized spacial score (nSPS) is 12.6. The van der Waals surface area contributed by atoms with Crippen molar-refractivity contribution >= 4 is 5.57 Å². The predicted molar refractivity (Wildman–Crippen MR) is 80.2 cm³/mol. The maximum atomic E-state index is 12.9. The Morgan fingerprint density at radius 1 is 0.857 bits per heavy atom. The molecule has 110 valence electrons. The Balaban J connectivity index is 2.62. The van der Waals surface area contributed by atoms with Crippen LogP contribution in [0.3, 0.4) is 0 Å². The molecule has 0 aliphatic heterocycles. The summed E-state index contributed by atoms with van der Waals surface area (Å²) in [7, 11) is 0. The number of aryl methyl sites for hydroxylation is 3. The Morgan fingerprint density at radius 2 is 1.43 bits per heavy atom. The monoisotopic (exact) mass is 290 g/mol. The Bertz CT molecular complexity index is 662. The molecule has 0 atom stereocenters. The molecule has 3 heteroatoms. The highest BCUT2D eigenvalue weighted by Crippen LogP contribution is 2.31. The number of hydrogen-bond acceptors (Lipinski definition) is 0. The summed E-state index contributed by atoms with van der Waals surface area (Å²) in [6, 6.07) is 12.6. The summed E-state index contributed by atoms with van der Waals surface area (Å²) in [4.78, 5) is 0. The smallest absolute Gasteiger partial charge is 0.167 e. The molecule has 0 amide bonds. The van der Waals surface area contributed by atoms with Crippen LogP contribution in [0.15, 0.2) is 48.5 Å². The van der Waals surface area contributed by atoms with Gasteiger partial charge in [0, 0.05) is 6.08 Å². The van der Waals surface area contributed by atoms with Crippen LogP contribution in [-0.4, -0.2) is 6.18 Å². The molecule has 0 aliphatic rings. The first-order valence-electron chi connectivity index (χ1n) is 6.70. The van der Waals surface area contributed by atoms with Crippen LogP contribution in [-0.2, 0) is 0 Å². The lowest BCUT2D eigenvalue weighted by Gasteiger charge is -2.14. The lowest BCUT2D eigenvalue weighted by molar-refractivity contribution is -0.0793. The van der Waals surface area contributed by atoms with Crippen LogP contribution in [0.2, 0.25) is 0 Å². The molecular weight excluding hydrogens is 273 g/mol. The van der Waals surface area contributed by atoms with Gasteiger partial charge in [0.05, 0.1) is 0 Å². The van der Waals surface area contributed by atoms with E-state index in [9.17, 15) is 13.2 Å². The minimum absolute atomic E-state index is 0.208. The van der Waals surface area contributed by atoms with Crippen LogP contribution in [0.25, 0.3) is 5.57 Å². The number of hydrogen-bond donors (Lipinski definition) is 0. The molecule has 0 fully saturated rings. The van der Waals surface area contributed by atoms with Gasteiger partial charge < -0.3 is 0 Å². The Labute approximate surface area is 122 Å². The van der Waals surface area contributed by atoms with Gasteiger partial charge in [0.2, 0.25) is 0 Å². The van der Waals surface area contributed by atoms with Gasteiger partial charge in [-0.05, 0) is 43.0 Å². The average molecular weight is 290 g/mol. The molecule has 0 bridgehead atoms. The van der Waals surface area contributed by atoms with Gasteiger partial charge in [-0.1, -0.05) is 53.6 Å². The molecule has 0 spiro atoms. The van der Waals surface area contributed by atoms with Crippen molar-refractivity contribution in [3.05, 3.63) is 76.4 Å². The van der Waals surface area contributed by atoms with Crippen LogP contribution in [0, 0.1) is 20.8 Å². The van der Waals surface area contributed by atoms with Gasteiger partial charge in [-0.15, -0.1) is 0 Å². The molecule has 0 N–H and O–H groups in total. The van der Waals surface area contributed by atoms with Gasteiger partial charge >= 0.3 is 6.18 Å². The summed E-state index contributed by atoms with van der Waals surface area (Å²) < 4.78 is 38.7. The highest BCUT2D eigenvalue weighted by Gasteiger charge is 2.26. The summed E-state index contributed by atoms with van der Waals surface area (Å²) >= 11 is 0. The van der Waals surface area contributed by atoms with Crippen molar-refractivity contribution in [3.8, 4) is 0 Å². The quantitative estimate of drug-likeness (QED) is 0.674. The molecular formula is C18H17F3. The fraction of sp³-hybridized carbons (Fsp3) is 0.222. The van der Waals surface area contributed by atoms with Gasteiger partial charge in [-0.3, -0.25) is 0 Å². The standard InChI is InChI=1S/C18H17F3/c1-12-4-7-15(8-5-12)17(11-18(19,20)21)16-9-6-13(2)10-14(16)3/h4-11H,1-3H3/b17-11-. The van der Waals surface area contributed by atoms with Crippen LogP contribution >= 0.6 is 0 Å². The van der Waals surface area contributed by atoms with Crippen LogP contribution in [0.5, 0.6) is 0 Å². The van der Waals surface area contributed by atoms with Crippen molar-refractivity contribution in [2.24, 2.45) is 0 Å². The van der Waals surface area contributed by atoms with Crippen molar-refractivity contribution in [3.63, 3.8) is 0 Å². The van der Waals surface area contributed by atoms with E-state index in [0.29, 0.717) is 17.2 Å². The lowest BCUT2D eigenvalue weighted by Crippen LogP contribution is -2.05. The SMILES string of the molecule is Cc1ccc(/C(=C/C(F)(F)F)c2ccc(C)cc2C)cc1. The second-order valence-corrected chi connectivity index (χ2v) is 5.28. The van der Waals surface area contributed by atoms with Gasteiger partial charge in [-0.2, -0.15) is 13.2 Å². The largest absolute Gasteiger partial charge is 0.410 e. The summed E-state index contributed by atoms with van der Waals surface area (Å²) in [5.74, 6) is 0. The molecule has 0 aliphatic carbocycles. The number of alkyl halides is 3. The molecule has 2 rings (SSSR count). The van der Waals surface area contributed by atoms with Gasteiger partial charge in [0.25, 0.3) is 0 Å². The van der Waals surface area contributed by atoms with Crippen molar-refractivity contribution < 1.29 is 13.2 Å². The minimum Gasteiger partial charge on any atom is -0.167 e. The van der Waals surface area contributed by atoms with Gasteiger partial charge in [0.15, 0.2) is 0 Å². The minimum atomic E-state index is -4.35. The molecule has 0 nitrogen and oxygen atoms in total. The first-order chi connectivity index (χ1) is 9.76. The zero-order chi connectivity index (χ0) is 15.6. The molecule has 2 aromatic rings. The fourth-order valence-corrected chi connectivity index (χ4v) is 2.33. The van der Waals surface area contributed by atoms with E-state index in [0.717, 1.165) is 16.7 Å². The van der Waals surface area contributed by atoms with Gasteiger partial charge in [0.1, 0.15) is 0 Å². The second kappa shape index (κ2) is 5.76. The molecule has 0 heterocycles. The summed E-state index contributed by atoms with van der Waals surface area (Å²) in [5.41, 5.74) is 4.29. The second-order valence-electron chi connectivity index (χ2n) is 5.28. The Morgan fingerprint density at radius 3 is 1.95 bits per heavy atom. The summed E-state index contributed by atoms with van der Waals surface area (Å²) in [6.07, 6.45) is -3.97. The summed E-state index contributed by atoms with van der Waals surface area (Å²) in [6.45, 7) is 5.67. The lowest BCUT2D eigenvalue weighted by atomic mass is 9.92. The van der Waals surface area contributed by atoms with E-state index in [1.54, 1.807) is 18.2 Å². The zero-order valence-electron chi connectivity index (χ0n) is 12.3. The maximum absolute atomic E-state index is 12.9. The third-order valence-corrected chi connectivity index (χ3v) is 3.34. The summed E-state index contributed by atoms with van der Waals surface area (Å²) in [5, 5.41) is 0. The van der Waals surface area contributed by atoms with E-state index in [1.165, 1.54) is 0 Å². The average Bonchev–Trinajstić information content (AvgIpc) is 2.36. The van der Waals surface area contributed by atoms with E-state index in [2.05, 4.69) is 0 Å². The number of benzene rings is 2. The van der Waals surface area contributed by atoms with Crippen molar-refractivity contribution in [2.75, 3.05) is 0 Å². The third kappa shape index (κ3) is 3.97. The molecule has 0 saturated heterocycles. The van der Waals surface area contributed by atoms with E-state index in [4.69, 9.17) is 0 Å². The fourth-order valence-electron chi connectivity index (χ4n) is 2.33. The number of halogens is 3. The zero-order valence-corrected chi connectivity index (χ0v) is 12.3. The van der Waals surface area contributed by atoms with Crippen LogP contribution in [0.4, 0.5) is 13.2 Å². The van der Waals surface area contributed by atoms with Crippen LogP contribution in [0.1, 0.15) is 27.8 Å². The van der Waals surface area contributed by atoms with E-state index in [1.807, 2.05) is 45.0 Å². The van der Waals surface area contributed by atoms with Gasteiger partial charge in [-0.25, -0.2) is 0 Å². The highest BCUT2D eigenvalue weighted by atomic mass is 19.4. The highest BCUT2D eigenvalue weighted by molar-refractivity contribution is 5.82. The Kier molecular flexibility index (Phi) is 4.21. The predicted octanol–water partition coefficient (Wildman–Crippen LogP) is 5.61. The maximum Gasteiger partial charge on any atom is 0.410 e. The number of rotatable bonds is 2. The molecule has 0 unspecified atom stereocenters. The molecule has 2 aromatic carbocycles. The van der Waals surface area contributed by atoms with E-state index >= 15 is 0 Å².